The van der Waals surface area contributed by atoms with E-state index in [0.29, 0.717) is 13.0 Å². The van der Waals surface area contributed by atoms with Gasteiger partial charge >= 0.3 is 11.9 Å². The van der Waals surface area contributed by atoms with Crippen LogP contribution in [0.3, 0.4) is 0 Å². The number of hydrogen-bond acceptors (Lipinski definition) is 6. The van der Waals surface area contributed by atoms with Crippen LogP contribution in [0.2, 0.25) is 0 Å². The van der Waals surface area contributed by atoms with Crippen LogP contribution in [-0.2, 0) is 19.1 Å². The van der Waals surface area contributed by atoms with Crippen LogP contribution in [0.1, 0.15) is 39.5 Å². The maximum absolute atomic E-state index is 11.7. The molecule has 0 aliphatic carbocycles. The molecule has 1 atom stereocenters. The number of nitrogens with zero attached hydrogens (tertiary/aromatic N) is 1. The first-order chi connectivity index (χ1) is 9.15. The second-order valence-corrected chi connectivity index (χ2v) is 3.88. The summed E-state index contributed by atoms with van der Waals surface area (Å²) >= 11 is 0. The fourth-order valence-electron chi connectivity index (χ4n) is 1.47. The second kappa shape index (κ2) is 11.5. The second-order valence-electron chi connectivity index (χ2n) is 3.88. The minimum absolute atomic E-state index is 0.0368. The summed E-state index contributed by atoms with van der Waals surface area (Å²) in [4.78, 5) is 23.0. The molecule has 0 aliphatic heterocycles. The number of nitrogens with one attached hydrogen (secondary N) is 1. The lowest BCUT2D eigenvalue weighted by molar-refractivity contribution is -0.152. The van der Waals surface area contributed by atoms with Gasteiger partial charge in [0.1, 0.15) is 6.04 Å². The van der Waals surface area contributed by atoms with Gasteiger partial charge in [0.25, 0.3) is 0 Å². The molecule has 0 aromatic heterocycles. The smallest absolute Gasteiger partial charge is 0.323 e. The van der Waals surface area contributed by atoms with E-state index < -0.39 is 18.0 Å². The van der Waals surface area contributed by atoms with Gasteiger partial charge in [0.2, 0.25) is 0 Å². The van der Waals surface area contributed by atoms with Gasteiger partial charge in [0, 0.05) is 6.42 Å². The number of esters is 2. The molecule has 6 nitrogen and oxygen atoms in total. The minimum atomic E-state index is -0.680. The molecule has 1 unspecified atom stereocenters. The predicted molar refractivity (Wildman–Crippen MR) is 69.1 cm³/mol. The molecule has 0 radical (unpaired) electrons. The largest absolute Gasteiger partial charge is 0.466 e. The topological polar surface area (TPSA) is 88.4 Å². The van der Waals surface area contributed by atoms with E-state index in [1.807, 2.05) is 0 Å². The molecule has 0 heterocycles. The monoisotopic (exact) mass is 270 g/mol. The van der Waals surface area contributed by atoms with Crippen molar-refractivity contribution in [1.82, 2.24) is 5.32 Å². The van der Waals surface area contributed by atoms with E-state index in [4.69, 9.17) is 14.7 Å². The number of nitriles is 1. The van der Waals surface area contributed by atoms with Crippen molar-refractivity contribution in [3.8, 4) is 6.07 Å². The Kier molecular flexibility index (Phi) is 10.5. The SMILES string of the molecule is CCOC(=O)CC(NCCCCC#N)C(=O)OCC. The third kappa shape index (κ3) is 9.03. The Morgan fingerprint density at radius 2 is 1.89 bits per heavy atom. The third-order valence-electron chi connectivity index (χ3n) is 2.35. The van der Waals surface area contributed by atoms with Crippen molar-refractivity contribution in [3.05, 3.63) is 0 Å². The Labute approximate surface area is 114 Å². The molecule has 0 saturated heterocycles. The fraction of sp³-hybridized carbons (Fsp3) is 0.769. The van der Waals surface area contributed by atoms with Crippen molar-refractivity contribution in [2.24, 2.45) is 0 Å². The van der Waals surface area contributed by atoms with Gasteiger partial charge < -0.3 is 14.8 Å². The highest BCUT2D eigenvalue weighted by Crippen LogP contribution is 2.00. The molecule has 0 bridgehead atoms. The molecule has 0 saturated carbocycles. The average Bonchev–Trinajstić information content (AvgIpc) is 2.37. The number of unbranched alkanes of at least 4 members (excludes halogenated alkanes) is 2. The molecular formula is C13H22N2O4. The van der Waals surface area contributed by atoms with Crippen LogP contribution >= 0.6 is 0 Å². The van der Waals surface area contributed by atoms with Crippen molar-refractivity contribution in [2.45, 2.75) is 45.6 Å². The van der Waals surface area contributed by atoms with E-state index in [1.54, 1.807) is 13.8 Å². The van der Waals surface area contributed by atoms with Gasteiger partial charge in [-0.25, -0.2) is 0 Å². The molecule has 0 aromatic carbocycles. The molecule has 0 fully saturated rings. The maximum Gasteiger partial charge on any atom is 0.323 e. The summed E-state index contributed by atoms with van der Waals surface area (Å²) in [6, 6.07) is 1.37. The van der Waals surface area contributed by atoms with Crippen molar-refractivity contribution >= 4 is 11.9 Å². The highest BCUT2D eigenvalue weighted by atomic mass is 16.5. The highest BCUT2D eigenvalue weighted by molar-refractivity contribution is 5.82. The van der Waals surface area contributed by atoms with Crippen LogP contribution in [0.15, 0.2) is 0 Å². The summed E-state index contributed by atoms with van der Waals surface area (Å²) in [5.41, 5.74) is 0. The molecular weight excluding hydrogens is 248 g/mol. The van der Waals surface area contributed by atoms with E-state index >= 15 is 0 Å². The zero-order chi connectivity index (χ0) is 14.5. The van der Waals surface area contributed by atoms with Gasteiger partial charge in [0.15, 0.2) is 0 Å². The van der Waals surface area contributed by atoms with Gasteiger partial charge in [-0.3, -0.25) is 9.59 Å². The van der Waals surface area contributed by atoms with Crippen LogP contribution in [0, 0.1) is 11.3 Å². The maximum atomic E-state index is 11.7. The van der Waals surface area contributed by atoms with Crippen LogP contribution in [0.5, 0.6) is 0 Å². The zero-order valence-electron chi connectivity index (χ0n) is 11.6. The predicted octanol–water partition coefficient (Wildman–Crippen LogP) is 1.15. The van der Waals surface area contributed by atoms with Crippen molar-refractivity contribution in [1.29, 1.82) is 5.26 Å². The van der Waals surface area contributed by atoms with Crippen molar-refractivity contribution in [2.75, 3.05) is 19.8 Å². The van der Waals surface area contributed by atoms with Gasteiger partial charge in [-0.15, -0.1) is 0 Å². The van der Waals surface area contributed by atoms with E-state index in [9.17, 15) is 9.59 Å². The summed E-state index contributed by atoms with van der Waals surface area (Å²) in [6.07, 6.45) is 1.99. The average molecular weight is 270 g/mol. The Morgan fingerprint density at radius 1 is 1.21 bits per heavy atom. The molecule has 0 aliphatic rings. The van der Waals surface area contributed by atoms with Crippen LogP contribution in [0.25, 0.3) is 0 Å². The molecule has 0 rings (SSSR count). The van der Waals surface area contributed by atoms with Gasteiger partial charge in [0.05, 0.1) is 25.7 Å². The first-order valence-electron chi connectivity index (χ1n) is 6.58. The summed E-state index contributed by atoms with van der Waals surface area (Å²) < 4.78 is 9.72. The normalized spacial score (nSPS) is 11.4. The Morgan fingerprint density at radius 3 is 2.47 bits per heavy atom. The van der Waals surface area contributed by atoms with Crippen LogP contribution < -0.4 is 5.32 Å². The molecule has 6 heteroatoms. The standard InChI is InChI=1S/C13H22N2O4/c1-3-18-12(16)10-11(13(17)19-4-2)15-9-7-5-6-8-14/h11,15H,3-7,9-10H2,1-2H3. The molecule has 1 N–H and O–H groups in total. The van der Waals surface area contributed by atoms with Crippen LogP contribution in [-0.4, -0.2) is 37.7 Å². The van der Waals surface area contributed by atoms with Gasteiger partial charge in [-0.05, 0) is 33.2 Å². The first-order valence-corrected chi connectivity index (χ1v) is 6.58. The molecule has 0 amide bonds. The van der Waals surface area contributed by atoms with Gasteiger partial charge in [-0.2, -0.15) is 5.26 Å². The minimum Gasteiger partial charge on any atom is -0.466 e. The molecule has 19 heavy (non-hydrogen) atoms. The van der Waals surface area contributed by atoms with Crippen LogP contribution in [0.4, 0.5) is 0 Å². The van der Waals surface area contributed by atoms with E-state index in [0.717, 1.165) is 12.8 Å². The highest BCUT2D eigenvalue weighted by Gasteiger charge is 2.23. The summed E-state index contributed by atoms with van der Waals surface area (Å²) in [6.45, 7) is 4.55. The van der Waals surface area contributed by atoms with E-state index in [1.165, 1.54) is 0 Å². The number of carbonyl (C=O) groups is 2. The number of hydrogen-bond donors (Lipinski definition) is 1. The third-order valence-corrected chi connectivity index (χ3v) is 2.35. The Hall–Kier alpha value is -1.61. The summed E-state index contributed by atoms with van der Waals surface area (Å²) in [5.74, 6) is -0.874. The fourth-order valence-corrected chi connectivity index (χ4v) is 1.47. The molecule has 0 spiro atoms. The van der Waals surface area contributed by atoms with Crippen molar-refractivity contribution in [3.63, 3.8) is 0 Å². The van der Waals surface area contributed by atoms with E-state index in [-0.39, 0.29) is 19.6 Å². The first kappa shape index (κ1) is 17.4. The number of rotatable bonds is 10. The van der Waals surface area contributed by atoms with Crippen molar-refractivity contribution < 1.29 is 19.1 Å². The van der Waals surface area contributed by atoms with E-state index in [2.05, 4.69) is 11.4 Å². The number of carbonyl (C=O) groups excluding carboxylic acids is 2. The molecule has 108 valence electrons. The lowest BCUT2D eigenvalue weighted by atomic mass is 10.2. The summed E-state index contributed by atoms with van der Waals surface area (Å²) in [7, 11) is 0. The zero-order valence-corrected chi connectivity index (χ0v) is 11.6. The number of ether oxygens (including phenoxy) is 2. The lowest BCUT2D eigenvalue weighted by Crippen LogP contribution is -2.40. The summed E-state index contributed by atoms with van der Waals surface area (Å²) in [5, 5.41) is 11.4. The lowest BCUT2D eigenvalue weighted by Gasteiger charge is -2.16. The quantitative estimate of drug-likeness (QED) is 0.473. The Bertz CT molecular complexity index is 312. The molecule has 0 aromatic rings. The Balaban J connectivity index is 4.14. The van der Waals surface area contributed by atoms with Gasteiger partial charge in [-0.1, -0.05) is 0 Å².